The number of hydrogen-bond donors (Lipinski definition) is 0. The van der Waals surface area contributed by atoms with Gasteiger partial charge in [0.05, 0.1) is 4.21 Å². The molecule has 1 aromatic rings. The van der Waals surface area contributed by atoms with Crippen molar-refractivity contribution < 1.29 is 4.79 Å². The Hall–Kier alpha value is -0.280. The first-order chi connectivity index (χ1) is 5.31. The number of aldehydes is 1. The fraction of sp³-hybridized carbons (Fsp3) is 0.375. The van der Waals surface area contributed by atoms with Crippen molar-refractivity contribution in [2.75, 3.05) is 6.26 Å². The maximum absolute atomic E-state index is 10.5. The average Bonchev–Trinajstić information content (AvgIpc) is 2.46. The van der Waals surface area contributed by atoms with Crippen LogP contribution in [0.2, 0.25) is 0 Å². The molecule has 1 nitrogen and oxygen atoms in total. The lowest BCUT2D eigenvalue weighted by Gasteiger charge is -1.87. The molecule has 0 aliphatic rings. The first kappa shape index (κ1) is 8.81. The number of thiophene rings is 1. The summed E-state index contributed by atoms with van der Waals surface area (Å²) in [6, 6.07) is 1.98. The lowest BCUT2D eigenvalue weighted by molar-refractivity contribution is 0.112. The average molecular weight is 186 g/mol. The smallest absolute Gasteiger partial charge is 0.152 e. The van der Waals surface area contributed by atoms with Gasteiger partial charge in [0, 0.05) is 10.4 Å². The number of aryl methyl sites for hydroxylation is 1. The zero-order chi connectivity index (χ0) is 8.27. The summed E-state index contributed by atoms with van der Waals surface area (Å²) in [4.78, 5) is 11.8. The quantitative estimate of drug-likeness (QED) is 0.533. The second-order valence-corrected chi connectivity index (χ2v) is 4.34. The van der Waals surface area contributed by atoms with E-state index in [1.54, 1.807) is 23.1 Å². The molecule has 0 bridgehead atoms. The van der Waals surface area contributed by atoms with E-state index < -0.39 is 0 Å². The molecule has 0 fully saturated rings. The standard InChI is InChI=1S/C8H10OS2/c1-3-7-4-6(5-9)8(10-2)11-7/h4-5H,3H2,1-2H3. The highest BCUT2D eigenvalue weighted by atomic mass is 32.2. The lowest BCUT2D eigenvalue weighted by atomic mass is 10.3. The molecular weight excluding hydrogens is 176 g/mol. The number of hydrogen-bond acceptors (Lipinski definition) is 3. The van der Waals surface area contributed by atoms with Crippen molar-refractivity contribution in [2.24, 2.45) is 0 Å². The lowest BCUT2D eigenvalue weighted by Crippen LogP contribution is -1.74. The van der Waals surface area contributed by atoms with Crippen molar-refractivity contribution in [1.82, 2.24) is 0 Å². The van der Waals surface area contributed by atoms with Crippen LogP contribution < -0.4 is 0 Å². The van der Waals surface area contributed by atoms with E-state index in [-0.39, 0.29) is 0 Å². The van der Waals surface area contributed by atoms with E-state index in [2.05, 4.69) is 6.92 Å². The Morgan fingerprint density at radius 3 is 2.82 bits per heavy atom. The fourth-order valence-electron chi connectivity index (χ4n) is 0.856. The second kappa shape index (κ2) is 3.93. The van der Waals surface area contributed by atoms with Crippen LogP contribution >= 0.6 is 23.1 Å². The fourth-order valence-corrected chi connectivity index (χ4v) is 2.65. The first-order valence-electron chi connectivity index (χ1n) is 3.43. The maximum atomic E-state index is 10.5. The van der Waals surface area contributed by atoms with Crippen molar-refractivity contribution in [2.45, 2.75) is 17.6 Å². The summed E-state index contributed by atoms with van der Waals surface area (Å²) in [6.07, 6.45) is 3.95. The van der Waals surface area contributed by atoms with Crippen LogP contribution in [0, 0.1) is 0 Å². The van der Waals surface area contributed by atoms with E-state index in [0.717, 1.165) is 22.5 Å². The third kappa shape index (κ3) is 1.84. The van der Waals surface area contributed by atoms with Gasteiger partial charge >= 0.3 is 0 Å². The summed E-state index contributed by atoms with van der Waals surface area (Å²) in [7, 11) is 0. The molecule has 1 aromatic heterocycles. The molecule has 3 heteroatoms. The highest BCUT2D eigenvalue weighted by Crippen LogP contribution is 2.29. The molecule has 0 spiro atoms. The number of carbonyl (C=O) groups is 1. The van der Waals surface area contributed by atoms with Gasteiger partial charge in [0.1, 0.15) is 0 Å². The number of thioether (sulfide) groups is 1. The van der Waals surface area contributed by atoms with Crippen LogP contribution in [0.15, 0.2) is 10.3 Å². The van der Waals surface area contributed by atoms with Crippen molar-refractivity contribution >= 4 is 29.4 Å². The maximum Gasteiger partial charge on any atom is 0.152 e. The van der Waals surface area contributed by atoms with Crippen LogP contribution in [0.4, 0.5) is 0 Å². The van der Waals surface area contributed by atoms with Crippen molar-refractivity contribution in [3.63, 3.8) is 0 Å². The minimum atomic E-state index is 0.847. The van der Waals surface area contributed by atoms with Crippen molar-refractivity contribution in [3.8, 4) is 0 Å². The summed E-state index contributed by atoms with van der Waals surface area (Å²) in [6.45, 7) is 2.10. The molecule has 1 heterocycles. The topological polar surface area (TPSA) is 17.1 Å². The van der Waals surface area contributed by atoms with Crippen LogP contribution in [-0.2, 0) is 6.42 Å². The normalized spacial score (nSPS) is 10.0. The molecule has 0 aliphatic heterocycles. The molecule has 0 saturated heterocycles. The van der Waals surface area contributed by atoms with Gasteiger partial charge in [0.25, 0.3) is 0 Å². The minimum Gasteiger partial charge on any atom is -0.298 e. The van der Waals surface area contributed by atoms with Crippen LogP contribution in [-0.4, -0.2) is 12.5 Å². The van der Waals surface area contributed by atoms with Gasteiger partial charge in [-0.15, -0.1) is 23.1 Å². The van der Waals surface area contributed by atoms with Crippen LogP contribution in [0.3, 0.4) is 0 Å². The summed E-state index contributed by atoms with van der Waals surface area (Å²) in [5, 5.41) is 0. The minimum absolute atomic E-state index is 0.847. The molecule has 0 radical (unpaired) electrons. The second-order valence-electron chi connectivity index (χ2n) is 2.13. The molecule has 0 saturated carbocycles. The molecule has 11 heavy (non-hydrogen) atoms. The van der Waals surface area contributed by atoms with Crippen molar-refractivity contribution in [1.29, 1.82) is 0 Å². The zero-order valence-electron chi connectivity index (χ0n) is 6.59. The van der Waals surface area contributed by atoms with E-state index in [4.69, 9.17) is 0 Å². The van der Waals surface area contributed by atoms with E-state index >= 15 is 0 Å². The third-order valence-electron chi connectivity index (χ3n) is 1.44. The Balaban J connectivity index is 3.01. The largest absolute Gasteiger partial charge is 0.298 e. The van der Waals surface area contributed by atoms with E-state index in [9.17, 15) is 4.79 Å². The third-order valence-corrected chi connectivity index (χ3v) is 3.88. The number of carbonyl (C=O) groups excluding carboxylic acids is 1. The van der Waals surface area contributed by atoms with Crippen LogP contribution in [0.5, 0.6) is 0 Å². The predicted molar refractivity (Wildman–Crippen MR) is 50.9 cm³/mol. The van der Waals surface area contributed by atoms with E-state index in [1.807, 2.05) is 12.3 Å². The SMILES string of the molecule is CCc1cc(C=O)c(SC)s1. The predicted octanol–water partition coefficient (Wildman–Crippen LogP) is 2.84. The van der Waals surface area contributed by atoms with Crippen LogP contribution in [0.1, 0.15) is 22.2 Å². The Labute approximate surface area is 74.8 Å². The molecule has 0 amide bonds. The molecule has 0 aromatic carbocycles. The summed E-state index contributed by atoms with van der Waals surface area (Å²) in [5.74, 6) is 0. The Morgan fingerprint density at radius 2 is 2.45 bits per heavy atom. The summed E-state index contributed by atoms with van der Waals surface area (Å²) < 4.78 is 1.14. The molecule has 0 aliphatic carbocycles. The van der Waals surface area contributed by atoms with Gasteiger partial charge in [-0.2, -0.15) is 0 Å². The Morgan fingerprint density at radius 1 is 1.73 bits per heavy atom. The zero-order valence-corrected chi connectivity index (χ0v) is 8.22. The number of rotatable bonds is 3. The highest BCUT2D eigenvalue weighted by molar-refractivity contribution is 8.00. The van der Waals surface area contributed by atoms with Gasteiger partial charge < -0.3 is 0 Å². The van der Waals surface area contributed by atoms with E-state index in [0.29, 0.717) is 0 Å². The monoisotopic (exact) mass is 186 g/mol. The van der Waals surface area contributed by atoms with Crippen molar-refractivity contribution in [3.05, 3.63) is 16.5 Å². The Bertz CT molecular complexity index is 253. The first-order valence-corrected chi connectivity index (χ1v) is 5.47. The molecular formula is C8H10OS2. The van der Waals surface area contributed by atoms with Gasteiger partial charge in [-0.25, -0.2) is 0 Å². The molecule has 0 N–H and O–H groups in total. The summed E-state index contributed by atoms with van der Waals surface area (Å²) >= 11 is 3.36. The Kier molecular flexibility index (Phi) is 3.15. The van der Waals surface area contributed by atoms with Gasteiger partial charge in [0.15, 0.2) is 6.29 Å². The molecule has 60 valence electrons. The van der Waals surface area contributed by atoms with Gasteiger partial charge in [-0.05, 0) is 18.7 Å². The van der Waals surface area contributed by atoms with Gasteiger partial charge in [-0.1, -0.05) is 6.92 Å². The molecule has 0 unspecified atom stereocenters. The van der Waals surface area contributed by atoms with E-state index in [1.165, 1.54) is 4.88 Å². The molecule has 1 rings (SSSR count). The van der Waals surface area contributed by atoms with Gasteiger partial charge in [0.2, 0.25) is 0 Å². The molecule has 0 atom stereocenters. The van der Waals surface area contributed by atoms with Gasteiger partial charge in [-0.3, -0.25) is 4.79 Å². The summed E-state index contributed by atoms with van der Waals surface area (Å²) in [5.41, 5.74) is 0.847. The highest BCUT2D eigenvalue weighted by Gasteiger charge is 2.04. The van der Waals surface area contributed by atoms with Crippen LogP contribution in [0.25, 0.3) is 0 Å².